The van der Waals surface area contributed by atoms with E-state index in [1.54, 1.807) is 38.1 Å². The van der Waals surface area contributed by atoms with Gasteiger partial charge in [-0.15, -0.1) is 0 Å². The van der Waals surface area contributed by atoms with Crippen molar-refractivity contribution in [2.24, 2.45) is 5.73 Å². The van der Waals surface area contributed by atoms with Crippen molar-refractivity contribution in [2.75, 3.05) is 5.32 Å². The number of nitrogens with two attached hydrogens (primary N) is 1. The summed E-state index contributed by atoms with van der Waals surface area (Å²) in [6.45, 7) is 3.55. The molecule has 1 aromatic rings. The zero-order chi connectivity index (χ0) is 14.5. The molecule has 0 aromatic heterocycles. The van der Waals surface area contributed by atoms with Crippen LogP contribution in [0.2, 0.25) is 0 Å². The van der Waals surface area contributed by atoms with Crippen molar-refractivity contribution >= 4 is 23.6 Å². The molecule has 1 rings (SSSR count). The number of hydrogen-bond donors (Lipinski definition) is 3. The minimum absolute atomic E-state index is 0.174. The lowest BCUT2D eigenvalue weighted by atomic mass is 10.0. The van der Waals surface area contributed by atoms with E-state index in [2.05, 4.69) is 5.32 Å². The molecule has 0 aliphatic carbocycles. The zero-order valence-electron chi connectivity index (χ0n) is 11.0. The molecule has 0 atom stereocenters. The number of rotatable bonds is 5. The molecule has 0 saturated heterocycles. The first-order valence-electron chi connectivity index (χ1n) is 5.86. The Kier molecular flexibility index (Phi) is 4.83. The van der Waals surface area contributed by atoms with Gasteiger partial charge in [0.2, 0.25) is 5.91 Å². The van der Waals surface area contributed by atoms with Gasteiger partial charge in [0.1, 0.15) is 0 Å². The lowest BCUT2D eigenvalue weighted by Crippen LogP contribution is -2.36. The molecule has 5 heteroatoms. The maximum absolute atomic E-state index is 11.7. The second-order valence-electron chi connectivity index (χ2n) is 5.01. The van der Waals surface area contributed by atoms with Gasteiger partial charge in [-0.05, 0) is 37.6 Å². The van der Waals surface area contributed by atoms with Crippen LogP contribution in [0.1, 0.15) is 25.8 Å². The SMILES string of the molecule is CC(C)(N)CC(=O)Nc1cccc(/C=C/C(=O)O)c1. The van der Waals surface area contributed by atoms with Crippen LogP contribution in [0, 0.1) is 0 Å². The third-order valence-corrected chi connectivity index (χ3v) is 2.20. The summed E-state index contributed by atoms with van der Waals surface area (Å²) in [5, 5.41) is 11.3. The summed E-state index contributed by atoms with van der Waals surface area (Å²) in [5.41, 5.74) is 6.51. The number of benzene rings is 1. The first kappa shape index (κ1) is 14.9. The van der Waals surface area contributed by atoms with E-state index in [1.165, 1.54) is 6.08 Å². The average molecular weight is 262 g/mol. The van der Waals surface area contributed by atoms with Gasteiger partial charge in [-0.3, -0.25) is 4.79 Å². The topological polar surface area (TPSA) is 92.4 Å². The van der Waals surface area contributed by atoms with Crippen molar-refractivity contribution in [3.8, 4) is 0 Å². The lowest BCUT2D eigenvalue weighted by molar-refractivity contribution is -0.131. The second-order valence-corrected chi connectivity index (χ2v) is 5.01. The Labute approximate surface area is 112 Å². The van der Waals surface area contributed by atoms with Gasteiger partial charge in [-0.25, -0.2) is 4.79 Å². The maximum atomic E-state index is 11.7. The minimum Gasteiger partial charge on any atom is -0.478 e. The number of carboxylic acid groups (broad SMARTS) is 1. The molecule has 0 aliphatic heterocycles. The van der Waals surface area contributed by atoms with Gasteiger partial charge < -0.3 is 16.2 Å². The molecule has 0 heterocycles. The number of anilines is 1. The third-order valence-electron chi connectivity index (χ3n) is 2.20. The van der Waals surface area contributed by atoms with Crippen LogP contribution in [0.5, 0.6) is 0 Å². The van der Waals surface area contributed by atoms with Crippen molar-refractivity contribution < 1.29 is 14.7 Å². The quantitative estimate of drug-likeness (QED) is 0.706. The van der Waals surface area contributed by atoms with E-state index in [0.29, 0.717) is 11.3 Å². The molecule has 5 nitrogen and oxygen atoms in total. The minimum atomic E-state index is -1.01. The molecule has 102 valence electrons. The highest BCUT2D eigenvalue weighted by Crippen LogP contribution is 2.13. The van der Waals surface area contributed by atoms with Gasteiger partial charge in [0, 0.05) is 23.7 Å². The first-order chi connectivity index (χ1) is 8.76. The van der Waals surface area contributed by atoms with Gasteiger partial charge >= 0.3 is 5.97 Å². The molecule has 0 saturated carbocycles. The largest absolute Gasteiger partial charge is 0.478 e. The molecule has 0 radical (unpaired) electrons. The van der Waals surface area contributed by atoms with E-state index >= 15 is 0 Å². The van der Waals surface area contributed by atoms with Crippen LogP contribution in [0.15, 0.2) is 30.3 Å². The first-order valence-corrected chi connectivity index (χ1v) is 5.86. The fourth-order valence-electron chi connectivity index (χ4n) is 1.51. The number of aliphatic carboxylic acids is 1. The Bertz CT molecular complexity index is 502. The summed E-state index contributed by atoms with van der Waals surface area (Å²) in [4.78, 5) is 22.1. The molecule has 4 N–H and O–H groups in total. The molecule has 0 spiro atoms. The summed E-state index contributed by atoms with van der Waals surface area (Å²) < 4.78 is 0. The summed E-state index contributed by atoms with van der Waals surface area (Å²) in [5.74, 6) is -1.19. The number of carboxylic acids is 1. The standard InChI is InChI=1S/C14H18N2O3/c1-14(2,15)9-12(17)16-11-5-3-4-10(8-11)6-7-13(18)19/h3-8H,9,15H2,1-2H3,(H,16,17)(H,18,19)/b7-6+. The predicted octanol–water partition coefficient (Wildman–Crippen LogP) is 1.85. The fraction of sp³-hybridized carbons (Fsp3) is 0.286. The van der Waals surface area contributed by atoms with Crippen LogP contribution in [-0.4, -0.2) is 22.5 Å². The maximum Gasteiger partial charge on any atom is 0.328 e. The van der Waals surface area contributed by atoms with Crippen molar-refractivity contribution in [2.45, 2.75) is 25.8 Å². The second kappa shape index (κ2) is 6.15. The summed E-state index contributed by atoms with van der Waals surface area (Å²) in [6.07, 6.45) is 2.72. The van der Waals surface area contributed by atoms with Crippen LogP contribution in [0.4, 0.5) is 5.69 Å². The van der Waals surface area contributed by atoms with Crippen LogP contribution < -0.4 is 11.1 Å². The monoisotopic (exact) mass is 262 g/mol. The molecule has 0 fully saturated rings. The van der Waals surface area contributed by atoms with E-state index in [1.807, 2.05) is 0 Å². The van der Waals surface area contributed by atoms with Gasteiger partial charge in [-0.2, -0.15) is 0 Å². The van der Waals surface area contributed by atoms with Crippen molar-refractivity contribution in [3.63, 3.8) is 0 Å². The molecular formula is C14H18N2O3. The summed E-state index contributed by atoms with van der Waals surface area (Å²) in [7, 11) is 0. The summed E-state index contributed by atoms with van der Waals surface area (Å²) >= 11 is 0. The molecule has 1 aromatic carbocycles. The van der Waals surface area contributed by atoms with Crippen LogP contribution in [-0.2, 0) is 9.59 Å². The Balaban J connectivity index is 2.72. The Morgan fingerprint density at radius 1 is 1.42 bits per heavy atom. The van der Waals surface area contributed by atoms with Gasteiger partial charge in [0.25, 0.3) is 0 Å². The Morgan fingerprint density at radius 3 is 2.68 bits per heavy atom. The van der Waals surface area contributed by atoms with E-state index < -0.39 is 11.5 Å². The average Bonchev–Trinajstić information content (AvgIpc) is 2.24. The third kappa shape index (κ3) is 6.38. The van der Waals surface area contributed by atoms with E-state index in [4.69, 9.17) is 10.8 Å². The molecule has 19 heavy (non-hydrogen) atoms. The number of amides is 1. The molecule has 0 bridgehead atoms. The zero-order valence-corrected chi connectivity index (χ0v) is 11.0. The van der Waals surface area contributed by atoms with Crippen molar-refractivity contribution in [3.05, 3.63) is 35.9 Å². The van der Waals surface area contributed by atoms with Crippen LogP contribution >= 0.6 is 0 Å². The van der Waals surface area contributed by atoms with Crippen molar-refractivity contribution in [1.82, 2.24) is 0 Å². The van der Waals surface area contributed by atoms with E-state index in [0.717, 1.165) is 6.08 Å². The van der Waals surface area contributed by atoms with E-state index in [9.17, 15) is 9.59 Å². The lowest BCUT2D eigenvalue weighted by Gasteiger charge is -2.17. The number of carbonyl (C=O) groups excluding carboxylic acids is 1. The van der Waals surface area contributed by atoms with Gasteiger partial charge in [-0.1, -0.05) is 12.1 Å². The molecule has 1 amide bonds. The highest BCUT2D eigenvalue weighted by Gasteiger charge is 2.16. The molecule has 0 aliphatic rings. The van der Waals surface area contributed by atoms with Gasteiger partial charge in [0.05, 0.1) is 0 Å². The van der Waals surface area contributed by atoms with Crippen molar-refractivity contribution in [1.29, 1.82) is 0 Å². The van der Waals surface area contributed by atoms with Gasteiger partial charge in [0.15, 0.2) is 0 Å². The summed E-state index contributed by atoms with van der Waals surface area (Å²) in [6, 6.07) is 6.92. The Hall–Kier alpha value is -2.14. The Morgan fingerprint density at radius 2 is 2.11 bits per heavy atom. The smallest absolute Gasteiger partial charge is 0.328 e. The van der Waals surface area contributed by atoms with E-state index in [-0.39, 0.29) is 12.3 Å². The van der Waals surface area contributed by atoms with Crippen LogP contribution in [0.3, 0.4) is 0 Å². The van der Waals surface area contributed by atoms with Crippen LogP contribution in [0.25, 0.3) is 6.08 Å². The number of nitrogens with one attached hydrogen (secondary N) is 1. The molecular weight excluding hydrogens is 244 g/mol. The fourth-order valence-corrected chi connectivity index (χ4v) is 1.51. The predicted molar refractivity (Wildman–Crippen MR) is 74.6 cm³/mol. The highest BCUT2D eigenvalue weighted by atomic mass is 16.4. The number of hydrogen-bond acceptors (Lipinski definition) is 3. The normalized spacial score (nSPS) is 11.5. The number of carbonyl (C=O) groups is 2. The highest BCUT2D eigenvalue weighted by molar-refractivity contribution is 5.92. The molecule has 0 unspecified atom stereocenters.